The van der Waals surface area contributed by atoms with E-state index in [1.54, 1.807) is 0 Å². The van der Waals surface area contributed by atoms with Crippen LogP contribution in [0.5, 0.6) is 0 Å². The Hall–Kier alpha value is -2.28. The molecule has 3 rings (SSSR count). The van der Waals surface area contributed by atoms with Crippen molar-refractivity contribution in [3.05, 3.63) is 72.8 Å². The summed E-state index contributed by atoms with van der Waals surface area (Å²) < 4.78 is 0. The van der Waals surface area contributed by atoms with E-state index in [1.165, 1.54) is 22.1 Å². The van der Waals surface area contributed by atoms with Gasteiger partial charge in [0.2, 0.25) is 0 Å². The Morgan fingerprint density at radius 2 is 1.28 bits per heavy atom. The molecule has 0 aliphatic rings. The van der Waals surface area contributed by atoms with E-state index in [4.69, 9.17) is 0 Å². The zero-order chi connectivity index (χ0) is 18.1. The maximum Gasteiger partial charge on any atom is 0.0495 e. The maximum absolute atomic E-state index is 2.51. The van der Waals surface area contributed by atoms with Crippen molar-refractivity contribution in [1.82, 2.24) is 0 Å². The molecule has 0 saturated carbocycles. The van der Waals surface area contributed by atoms with Crippen LogP contribution in [0, 0.1) is 5.41 Å². The van der Waals surface area contributed by atoms with Crippen LogP contribution in [-0.2, 0) is 0 Å². The molecule has 0 unspecified atom stereocenters. The third-order valence-corrected chi connectivity index (χ3v) is 4.59. The second kappa shape index (κ2) is 6.55. The molecule has 0 fully saturated rings. The van der Waals surface area contributed by atoms with Gasteiger partial charge in [0.25, 0.3) is 0 Å². The van der Waals surface area contributed by atoms with Gasteiger partial charge < -0.3 is 4.90 Å². The summed E-state index contributed by atoms with van der Waals surface area (Å²) >= 11 is 0. The summed E-state index contributed by atoms with van der Waals surface area (Å²) in [5.74, 6) is 0. The fourth-order valence-corrected chi connectivity index (χ4v) is 4.17. The Bertz CT molecular complexity index is 835. The summed E-state index contributed by atoms with van der Waals surface area (Å²) in [6.45, 7) is 11.7. The van der Waals surface area contributed by atoms with Crippen molar-refractivity contribution >= 4 is 22.1 Å². The quantitative estimate of drug-likeness (QED) is 0.489. The summed E-state index contributed by atoms with van der Waals surface area (Å²) in [5.41, 5.74) is 2.76. The molecule has 0 saturated heterocycles. The number of nitrogens with zero attached hydrogens (tertiary/aromatic N) is 1. The van der Waals surface area contributed by atoms with Gasteiger partial charge in [-0.3, -0.25) is 0 Å². The minimum Gasteiger partial charge on any atom is -0.335 e. The molecule has 0 radical (unpaired) electrons. The van der Waals surface area contributed by atoms with Crippen LogP contribution in [0.4, 0.5) is 11.4 Å². The Morgan fingerprint density at radius 3 is 1.96 bits per heavy atom. The first kappa shape index (κ1) is 17.5. The summed E-state index contributed by atoms with van der Waals surface area (Å²) in [4.78, 5) is 2.51. The van der Waals surface area contributed by atoms with Crippen LogP contribution in [0.1, 0.15) is 41.0 Å². The first-order valence-corrected chi connectivity index (χ1v) is 9.11. The molecule has 0 N–H and O–H groups in total. The lowest BCUT2D eigenvalue weighted by molar-refractivity contribution is 0.284. The molecule has 0 spiro atoms. The van der Waals surface area contributed by atoms with Crippen molar-refractivity contribution in [3.63, 3.8) is 0 Å². The first-order chi connectivity index (χ1) is 11.8. The van der Waals surface area contributed by atoms with E-state index in [1.807, 2.05) is 0 Å². The van der Waals surface area contributed by atoms with Crippen LogP contribution >= 0.6 is 0 Å². The van der Waals surface area contributed by atoms with Gasteiger partial charge in [-0.25, -0.2) is 0 Å². The Labute approximate surface area is 152 Å². The van der Waals surface area contributed by atoms with Gasteiger partial charge >= 0.3 is 0 Å². The van der Waals surface area contributed by atoms with Crippen molar-refractivity contribution < 1.29 is 0 Å². The third-order valence-electron chi connectivity index (χ3n) is 4.59. The molecule has 3 aromatic carbocycles. The zero-order valence-electron chi connectivity index (χ0n) is 16.1. The molecular weight excluding hydrogens is 302 g/mol. The van der Waals surface area contributed by atoms with Crippen molar-refractivity contribution in [2.24, 2.45) is 5.41 Å². The number of rotatable bonds is 4. The van der Waals surface area contributed by atoms with E-state index in [9.17, 15) is 0 Å². The standard InChI is InChI=1S/C24H29N/c1-23(2,3)18-24(4,5)25(20-14-7-6-8-15-20)22-17-11-13-19-12-9-10-16-21(19)22/h6-17H,18H2,1-5H3. The lowest BCUT2D eigenvalue weighted by Gasteiger charge is -2.44. The van der Waals surface area contributed by atoms with Crippen LogP contribution < -0.4 is 4.90 Å². The lowest BCUT2D eigenvalue weighted by atomic mass is 9.80. The molecule has 0 aromatic heterocycles. The lowest BCUT2D eigenvalue weighted by Crippen LogP contribution is -2.43. The monoisotopic (exact) mass is 331 g/mol. The van der Waals surface area contributed by atoms with E-state index in [-0.39, 0.29) is 11.0 Å². The molecule has 0 atom stereocenters. The predicted octanol–water partition coefficient (Wildman–Crippen LogP) is 7.19. The number of para-hydroxylation sites is 1. The maximum atomic E-state index is 2.51. The summed E-state index contributed by atoms with van der Waals surface area (Å²) in [6.07, 6.45) is 1.10. The van der Waals surface area contributed by atoms with Gasteiger partial charge in [-0.1, -0.05) is 75.4 Å². The number of anilines is 2. The Balaban J connectivity index is 2.21. The molecule has 130 valence electrons. The molecule has 0 aliphatic heterocycles. The van der Waals surface area contributed by atoms with Gasteiger partial charge in [-0.2, -0.15) is 0 Å². The zero-order valence-corrected chi connectivity index (χ0v) is 16.1. The molecule has 1 heteroatoms. The second-order valence-electron chi connectivity index (χ2n) is 8.72. The normalized spacial score (nSPS) is 12.4. The van der Waals surface area contributed by atoms with E-state index in [2.05, 4.69) is 112 Å². The van der Waals surface area contributed by atoms with Crippen LogP contribution in [0.3, 0.4) is 0 Å². The minimum absolute atomic E-state index is 0.0102. The molecule has 25 heavy (non-hydrogen) atoms. The summed E-state index contributed by atoms with van der Waals surface area (Å²) in [7, 11) is 0. The first-order valence-electron chi connectivity index (χ1n) is 9.11. The van der Waals surface area contributed by atoms with Gasteiger partial charge in [0.1, 0.15) is 0 Å². The van der Waals surface area contributed by atoms with Crippen LogP contribution in [0.2, 0.25) is 0 Å². The average molecular weight is 332 g/mol. The molecule has 0 aliphatic carbocycles. The van der Waals surface area contributed by atoms with Crippen LogP contribution in [0.15, 0.2) is 72.8 Å². The minimum atomic E-state index is -0.0102. The van der Waals surface area contributed by atoms with Gasteiger partial charge in [-0.05, 0) is 49.3 Å². The highest BCUT2D eigenvalue weighted by molar-refractivity contribution is 5.96. The fourth-order valence-electron chi connectivity index (χ4n) is 4.17. The summed E-state index contributed by atoms with van der Waals surface area (Å²) in [6, 6.07) is 26.0. The molecular formula is C24H29N. The largest absolute Gasteiger partial charge is 0.335 e. The van der Waals surface area contributed by atoms with Crippen molar-refractivity contribution in [2.45, 2.75) is 46.6 Å². The second-order valence-corrected chi connectivity index (χ2v) is 8.72. The smallest absolute Gasteiger partial charge is 0.0495 e. The molecule has 1 nitrogen and oxygen atoms in total. The topological polar surface area (TPSA) is 3.24 Å². The van der Waals surface area contributed by atoms with Crippen LogP contribution in [0.25, 0.3) is 10.8 Å². The highest BCUT2D eigenvalue weighted by Crippen LogP contribution is 2.42. The van der Waals surface area contributed by atoms with E-state index >= 15 is 0 Å². The molecule has 0 bridgehead atoms. The number of fused-ring (bicyclic) bond motifs is 1. The van der Waals surface area contributed by atoms with Crippen LogP contribution in [-0.4, -0.2) is 5.54 Å². The van der Waals surface area contributed by atoms with Crippen molar-refractivity contribution in [3.8, 4) is 0 Å². The summed E-state index contributed by atoms with van der Waals surface area (Å²) in [5, 5.41) is 2.59. The molecule has 0 heterocycles. The number of hydrogen-bond donors (Lipinski definition) is 0. The number of benzene rings is 3. The highest BCUT2D eigenvalue weighted by Gasteiger charge is 2.33. The molecule has 3 aromatic rings. The van der Waals surface area contributed by atoms with Crippen molar-refractivity contribution in [2.75, 3.05) is 4.90 Å². The predicted molar refractivity (Wildman–Crippen MR) is 111 cm³/mol. The van der Waals surface area contributed by atoms with Gasteiger partial charge in [0, 0.05) is 22.3 Å². The van der Waals surface area contributed by atoms with E-state index in [0.717, 1.165) is 6.42 Å². The van der Waals surface area contributed by atoms with E-state index < -0.39 is 0 Å². The van der Waals surface area contributed by atoms with Gasteiger partial charge in [0.15, 0.2) is 0 Å². The average Bonchev–Trinajstić information content (AvgIpc) is 2.54. The van der Waals surface area contributed by atoms with Crippen molar-refractivity contribution in [1.29, 1.82) is 0 Å². The van der Waals surface area contributed by atoms with Gasteiger partial charge in [-0.15, -0.1) is 0 Å². The third kappa shape index (κ3) is 3.87. The fraction of sp³-hybridized carbons (Fsp3) is 0.333. The highest BCUT2D eigenvalue weighted by atomic mass is 15.2. The molecule has 0 amide bonds. The van der Waals surface area contributed by atoms with E-state index in [0.29, 0.717) is 0 Å². The Kier molecular flexibility index (Phi) is 4.60. The number of hydrogen-bond acceptors (Lipinski definition) is 1. The Morgan fingerprint density at radius 1 is 0.680 bits per heavy atom. The van der Waals surface area contributed by atoms with Gasteiger partial charge in [0.05, 0.1) is 0 Å². The SMILES string of the molecule is CC(C)(C)CC(C)(C)N(c1ccccc1)c1cccc2ccccc12.